The third-order valence-electron chi connectivity index (χ3n) is 3.76. The summed E-state index contributed by atoms with van der Waals surface area (Å²) in [5, 5.41) is 1.95. The van der Waals surface area contributed by atoms with Crippen molar-refractivity contribution < 1.29 is 9.21 Å². The van der Waals surface area contributed by atoms with Gasteiger partial charge in [0.05, 0.1) is 12.8 Å². The minimum absolute atomic E-state index is 0.0232. The molecule has 2 aromatic rings. The van der Waals surface area contributed by atoms with Crippen LogP contribution in [0.2, 0.25) is 0 Å². The first kappa shape index (κ1) is 14.3. The van der Waals surface area contributed by atoms with Crippen LogP contribution < -0.4 is 5.73 Å². The Balaban J connectivity index is 1.52. The van der Waals surface area contributed by atoms with Gasteiger partial charge in [0.15, 0.2) is 0 Å². The Morgan fingerprint density at radius 1 is 1.29 bits per heavy atom. The van der Waals surface area contributed by atoms with Crippen molar-refractivity contribution in [3.63, 3.8) is 0 Å². The van der Waals surface area contributed by atoms with Crippen LogP contribution in [0.25, 0.3) is 0 Å². The molecule has 3 rings (SSSR count). The molecular weight excluding hydrogens is 286 g/mol. The van der Waals surface area contributed by atoms with Crippen molar-refractivity contribution in [2.75, 3.05) is 26.2 Å². The Hall–Kier alpha value is -1.63. The molecule has 1 amide bonds. The summed E-state index contributed by atoms with van der Waals surface area (Å²) in [7, 11) is 0. The number of nitrogens with two attached hydrogens (primary N) is 1. The molecule has 1 unspecified atom stereocenters. The summed E-state index contributed by atoms with van der Waals surface area (Å²) in [6.45, 7) is 3.94. The number of piperazine rings is 1. The van der Waals surface area contributed by atoms with E-state index in [0.717, 1.165) is 43.4 Å². The average Bonchev–Trinajstić information content (AvgIpc) is 3.20. The van der Waals surface area contributed by atoms with Crippen molar-refractivity contribution in [1.82, 2.24) is 9.80 Å². The third-order valence-corrected chi connectivity index (χ3v) is 4.71. The number of nitrogens with zero attached hydrogens (tertiary/aromatic N) is 2. The SMILES string of the molecule is NC(C(=O)N1CCN(Cc2ccco2)CC1)c1cccs1. The van der Waals surface area contributed by atoms with Gasteiger partial charge in [-0.25, -0.2) is 0 Å². The van der Waals surface area contributed by atoms with Crippen molar-refractivity contribution in [2.45, 2.75) is 12.6 Å². The lowest BCUT2D eigenvalue weighted by Gasteiger charge is -2.35. The summed E-state index contributed by atoms with van der Waals surface area (Å²) in [6.07, 6.45) is 1.69. The molecule has 2 aromatic heterocycles. The van der Waals surface area contributed by atoms with Gasteiger partial charge < -0.3 is 15.1 Å². The van der Waals surface area contributed by atoms with Crippen molar-refractivity contribution >= 4 is 17.2 Å². The van der Waals surface area contributed by atoms with E-state index in [2.05, 4.69) is 4.90 Å². The van der Waals surface area contributed by atoms with E-state index in [1.165, 1.54) is 11.3 Å². The van der Waals surface area contributed by atoms with Crippen molar-refractivity contribution in [3.05, 3.63) is 46.5 Å². The number of rotatable bonds is 4. The quantitative estimate of drug-likeness (QED) is 0.933. The maximum atomic E-state index is 12.4. The molecule has 0 radical (unpaired) electrons. The molecule has 6 heteroatoms. The van der Waals surface area contributed by atoms with Crippen LogP contribution in [-0.2, 0) is 11.3 Å². The van der Waals surface area contributed by atoms with E-state index in [-0.39, 0.29) is 5.91 Å². The van der Waals surface area contributed by atoms with Gasteiger partial charge in [0.25, 0.3) is 0 Å². The largest absolute Gasteiger partial charge is 0.468 e. The molecular formula is C15H19N3O2S. The molecule has 1 aliphatic rings. The highest BCUT2D eigenvalue weighted by Gasteiger charge is 2.26. The summed E-state index contributed by atoms with van der Waals surface area (Å²) in [5.74, 6) is 0.986. The minimum atomic E-state index is -0.526. The second-order valence-electron chi connectivity index (χ2n) is 5.17. The first-order valence-corrected chi connectivity index (χ1v) is 7.94. The molecule has 0 saturated carbocycles. The average molecular weight is 305 g/mol. The molecule has 21 heavy (non-hydrogen) atoms. The number of carbonyl (C=O) groups excluding carboxylic acids is 1. The van der Waals surface area contributed by atoms with Gasteiger partial charge in [0, 0.05) is 31.1 Å². The molecule has 1 atom stereocenters. The van der Waals surface area contributed by atoms with E-state index in [1.807, 2.05) is 34.5 Å². The van der Waals surface area contributed by atoms with Gasteiger partial charge in [-0.05, 0) is 23.6 Å². The zero-order valence-corrected chi connectivity index (χ0v) is 12.6. The van der Waals surface area contributed by atoms with E-state index >= 15 is 0 Å². The van der Waals surface area contributed by atoms with Crippen molar-refractivity contribution in [1.29, 1.82) is 0 Å². The van der Waals surface area contributed by atoms with E-state index in [9.17, 15) is 4.79 Å². The van der Waals surface area contributed by atoms with Crippen LogP contribution in [-0.4, -0.2) is 41.9 Å². The van der Waals surface area contributed by atoms with Gasteiger partial charge in [-0.15, -0.1) is 11.3 Å². The van der Waals surface area contributed by atoms with Crippen LogP contribution in [0, 0.1) is 0 Å². The molecule has 112 valence electrons. The van der Waals surface area contributed by atoms with Gasteiger partial charge in [-0.2, -0.15) is 0 Å². The fraction of sp³-hybridized carbons (Fsp3) is 0.400. The zero-order chi connectivity index (χ0) is 14.7. The van der Waals surface area contributed by atoms with Crippen LogP contribution in [0.5, 0.6) is 0 Å². The number of furan rings is 1. The molecule has 0 aliphatic carbocycles. The maximum absolute atomic E-state index is 12.4. The normalized spacial score (nSPS) is 17.9. The lowest BCUT2D eigenvalue weighted by molar-refractivity contribution is -0.134. The second kappa shape index (κ2) is 6.43. The molecule has 1 saturated heterocycles. The van der Waals surface area contributed by atoms with Crippen LogP contribution in [0.15, 0.2) is 40.3 Å². The van der Waals surface area contributed by atoms with Crippen LogP contribution in [0.1, 0.15) is 16.7 Å². The summed E-state index contributed by atoms with van der Waals surface area (Å²) in [6, 6.07) is 7.19. The van der Waals surface area contributed by atoms with Crippen molar-refractivity contribution in [2.24, 2.45) is 5.73 Å². The monoisotopic (exact) mass is 305 g/mol. The molecule has 0 spiro atoms. The first-order valence-electron chi connectivity index (χ1n) is 7.06. The Morgan fingerprint density at radius 3 is 2.71 bits per heavy atom. The highest BCUT2D eigenvalue weighted by Crippen LogP contribution is 2.20. The van der Waals surface area contributed by atoms with Crippen LogP contribution in [0.3, 0.4) is 0 Å². The predicted molar refractivity (Wildman–Crippen MR) is 81.8 cm³/mol. The fourth-order valence-corrected chi connectivity index (χ4v) is 3.25. The summed E-state index contributed by atoms with van der Waals surface area (Å²) in [4.78, 5) is 17.5. The van der Waals surface area contributed by atoms with E-state index in [1.54, 1.807) is 6.26 Å². The number of thiophene rings is 1. The summed E-state index contributed by atoms with van der Waals surface area (Å²) < 4.78 is 5.36. The lowest BCUT2D eigenvalue weighted by atomic mass is 10.2. The number of hydrogen-bond acceptors (Lipinski definition) is 5. The van der Waals surface area contributed by atoms with Gasteiger partial charge in [-0.1, -0.05) is 6.07 Å². The molecule has 0 aromatic carbocycles. The lowest BCUT2D eigenvalue weighted by Crippen LogP contribution is -2.50. The first-order chi connectivity index (χ1) is 10.2. The van der Waals surface area contributed by atoms with E-state index in [0.29, 0.717) is 0 Å². The van der Waals surface area contributed by atoms with Crippen LogP contribution in [0.4, 0.5) is 0 Å². The molecule has 1 fully saturated rings. The van der Waals surface area contributed by atoms with Gasteiger partial charge >= 0.3 is 0 Å². The molecule has 3 heterocycles. The molecule has 1 aliphatic heterocycles. The number of amides is 1. The second-order valence-corrected chi connectivity index (χ2v) is 6.15. The molecule has 5 nitrogen and oxygen atoms in total. The van der Waals surface area contributed by atoms with Gasteiger partial charge in [0.2, 0.25) is 5.91 Å². The molecule has 2 N–H and O–H groups in total. The standard InChI is InChI=1S/C15H19N3O2S/c16-14(13-4-2-10-21-13)15(19)18-7-5-17(6-8-18)11-12-3-1-9-20-12/h1-4,9-10,14H,5-8,11,16H2. The Morgan fingerprint density at radius 2 is 2.10 bits per heavy atom. The molecule has 0 bridgehead atoms. The van der Waals surface area contributed by atoms with Crippen LogP contribution >= 0.6 is 11.3 Å². The van der Waals surface area contributed by atoms with E-state index in [4.69, 9.17) is 10.2 Å². The number of carbonyl (C=O) groups is 1. The van der Waals surface area contributed by atoms with Crippen molar-refractivity contribution in [3.8, 4) is 0 Å². The van der Waals surface area contributed by atoms with Gasteiger partial charge in [-0.3, -0.25) is 9.69 Å². The zero-order valence-electron chi connectivity index (χ0n) is 11.8. The van der Waals surface area contributed by atoms with E-state index < -0.39 is 6.04 Å². The Kier molecular flexibility index (Phi) is 4.38. The van der Waals surface area contributed by atoms with Gasteiger partial charge in [0.1, 0.15) is 11.8 Å². The Bertz CT molecular complexity index is 560. The minimum Gasteiger partial charge on any atom is -0.468 e. The number of hydrogen-bond donors (Lipinski definition) is 1. The topological polar surface area (TPSA) is 62.7 Å². The maximum Gasteiger partial charge on any atom is 0.245 e. The smallest absolute Gasteiger partial charge is 0.245 e. The predicted octanol–water partition coefficient (Wildman–Crippen LogP) is 1.69. The summed E-state index contributed by atoms with van der Waals surface area (Å²) in [5.41, 5.74) is 6.05. The summed E-state index contributed by atoms with van der Waals surface area (Å²) >= 11 is 1.53. The Labute approximate surface area is 127 Å². The highest BCUT2D eigenvalue weighted by molar-refractivity contribution is 7.10. The highest BCUT2D eigenvalue weighted by atomic mass is 32.1. The fourth-order valence-electron chi connectivity index (χ4n) is 2.54. The third kappa shape index (κ3) is 3.34.